The first-order chi connectivity index (χ1) is 11.3. The summed E-state index contributed by atoms with van der Waals surface area (Å²) >= 11 is 6.02. The van der Waals surface area contributed by atoms with Gasteiger partial charge in [-0.15, -0.1) is 0 Å². The lowest BCUT2D eigenvalue weighted by Gasteiger charge is -2.08. The van der Waals surface area contributed by atoms with Crippen LogP contribution in [0.15, 0.2) is 36.5 Å². The molecule has 0 saturated heterocycles. The summed E-state index contributed by atoms with van der Waals surface area (Å²) < 4.78 is 37.2. The molecule has 0 aliphatic heterocycles. The standard InChI is InChI=1S/C14H12ClF3N4O2/c15-9-3-1-2-4-11(9)22-6-5-10(21-22)13(24)19-7-12(23)20-8-14(16,17)18/h1-6H,7-8H2,(H,19,24)(H,20,23). The zero-order chi connectivity index (χ0) is 17.7. The van der Waals surface area contributed by atoms with Crippen LogP contribution in [0.5, 0.6) is 0 Å². The van der Waals surface area contributed by atoms with Gasteiger partial charge < -0.3 is 10.6 Å². The molecule has 24 heavy (non-hydrogen) atoms. The Labute approximate surface area is 139 Å². The number of aromatic nitrogens is 2. The largest absolute Gasteiger partial charge is 0.405 e. The fourth-order valence-electron chi connectivity index (χ4n) is 1.73. The second-order valence-electron chi connectivity index (χ2n) is 4.67. The Balaban J connectivity index is 1.92. The Bertz CT molecular complexity index is 746. The van der Waals surface area contributed by atoms with Crippen LogP contribution in [-0.4, -0.2) is 40.9 Å². The van der Waals surface area contributed by atoms with Gasteiger partial charge in [-0.25, -0.2) is 4.68 Å². The van der Waals surface area contributed by atoms with Crippen molar-refractivity contribution in [3.05, 3.63) is 47.2 Å². The molecule has 6 nitrogen and oxygen atoms in total. The van der Waals surface area contributed by atoms with Crippen molar-refractivity contribution in [1.82, 2.24) is 20.4 Å². The van der Waals surface area contributed by atoms with Gasteiger partial charge in [0.1, 0.15) is 6.54 Å². The van der Waals surface area contributed by atoms with E-state index < -0.39 is 31.1 Å². The first kappa shape index (κ1) is 17.8. The second-order valence-corrected chi connectivity index (χ2v) is 5.08. The molecule has 2 N–H and O–H groups in total. The third-order valence-electron chi connectivity index (χ3n) is 2.82. The number of nitrogens with one attached hydrogen (secondary N) is 2. The van der Waals surface area contributed by atoms with Crippen molar-refractivity contribution < 1.29 is 22.8 Å². The van der Waals surface area contributed by atoms with Crippen molar-refractivity contribution in [1.29, 1.82) is 0 Å². The number of hydrogen-bond acceptors (Lipinski definition) is 3. The van der Waals surface area contributed by atoms with Gasteiger partial charge in [-0.2, -0.15) is 18.3 Å². The molecule has 0 fully saturated rings. The van der Waals surface area contributed by atoms with E-state index in [4.69, 9.17) is 11.6 Å². The van der Waals surface area contributed by atoms with Gasteiger partial charge in [0, 0.05) is 6.20 Å². The SMILES string of the molecule is O=C(CNC(=O)c1ccn(-c2ccccc2Cl)n1)NCC(F)(F)F. The summed E-state index contributed by atoms with van der Waals surface area (Å²) in [5.41, 5.74) is 0.555. The number of halogens is 4. The minimum Gasteiger partial charge on any atom is -0.345 e. The lowest BCUT2D eigenvalue weighted by Crippen LogP contribution is -2.41. The van der Waals surface area contributed by atoms with Gasteiger partial charge in [0.2, 0.25) is 5.91 Å². The Kier molecular flexibility index (Phi) is 5.45. The molecular formula is C14H12ClF3N4O2. The molecule has 2 rings (SSSR count). The topological polar surface area (TPSA) is 76.0 Å². The normalized spacial score (nSPS) is 11.2. The summed E-state index contributed by atoms with van der Waals surface area (Å²) in [5.74, 6) is -1.64. The van der Waals surface area contributed by atoms with Crippen LogP contribution in [-0.2, 0) is 4.79 Å². The molecule has 10 heteroatoms. The molecule has 2 aromatic rings. The van der Waals surface area contributed by atoms with Gasteiger partial charge in [-0.05, 0) is 18.2 Å². The lowest BCUT2D eigenvalue weighted by molar-refractivity contribution is -0.137. The van der Waals surface area contributed by atoms with Gasteiger partial charge in [0.25, 0.3) is 5.91 Å². The Hall–Kier alpha value is -2.55. The molecule has 0 bridgehead atoms. The highest BCUT2D eigenvalue weighted by Crippen LogP contribution is 2.19. The highest BCUT2D eigenvalue weighted by atomic mass is 35.5. The van der Waals surface area contributed by atoms with E-state index >= 15 is 0 Å². The smallest absolute Gasteiger partial charge is 0.345 e. The number of carbonyl (C=O) groups is 2. The summed E-state index contributed by atoms with van der Waals surface area (Å²) in [4.78, 5) is 23.1. The second kappa shape index (κ2) is 7.35. The van der Waals surface area contributed by atoms with E-state index in [-0.39, 0.29) is 5.69 Å². The van der Waals surface area contributed by atoms with E-state index in [0.29, 0.717) is 10.7 Å². The monoisotopic (exact) mass is 360 g/mol. The average molecular weight is 361 g/mol. The summed E-state index contributed by atoms with van der Waals surface area (Å²) in [5, 5.41) is 8.28. The third kappa shape index (κ3) is 4.98. The number of carbonyl (C=O) groups excluding carboxylic acids is 2. The summed E-state index contributed by atoms with van der Waals surface area (Å²) in [6.45, 7) is -2.04. The van der Waals surface area contributed by atoms with Crippen LogP contribution in [0.3, 0.4) is 0 Å². The van der Waals surface area contributed by atoms with Gasteiger partial charge >= 0.3 is 6.18 Å². The van der Waals surface area contributed by atoms with Gasteiger partial charge in [0.15, 0.2) is 5.69 Å². The molecule has 1 aromatic heterocycles. The van der Waals surface area contributed by atoms with Crippen LogP contribution in [0.2, 0.25) is 5.02 Å². The van der Waals surface area contributed by atoms with Gasteiger partial charge in [-0.3, -0.25) is 9.59 Å². The lowest BCUT2D eigenvalue weighted by atomic mass is 10.3. The van der Waals surface area contributed by atoms with Gasteiger partial charge in [-0.1, -0.05) is 23.7 Å². The molecule has 1 aromatic carbocycles. The Morgan fingerprint density at radius 3 is 2.54 bits per heavy atom. The predicted molar refractivity (Wildman–Crippen MR) is 80.0 cm³/mol. The summed E-state index contributed by atoms with van der Waals surface area (Å²) in [6, 6.07) is 8.23. The minimum absolute atomic E-state index is 0.00135. The van der Waals surface area contributed by atoms with Gasteiger partial charge in [0.05, 0.1) is 17.3 Å². The van der Waals surface area contributed by atoms with Crippen LogP contribution in [0.4, 0.5) is 13.2 Å². The number of para-hydroxylation sites is 1. The van der Waals surface area contributed by atoms with Crippen LogP contribution in [0, 0.1) is 0 Å². The molecule has 0 unspecified atom stereocenters. The molecule has 0 saturated carbocycles. The first-order valence-corrected chi connectivity index (χ1v) is 7.06. The molecule has 0 atom stereocenters. The molecule has 0 radical (unpaired) electrons. The summed E-state index contributed by atoms with van der Waals surface area (Å²) in [7, 11) is 0. The van der Waals surface area contributed by atoms with Crippen molar-refractivity contribution in [2.75, 3.05) is 13.1 Å². The van der Waals surface area contributed by atoms with E-state index in [1.54, 1.807) is 29.6 Å². The number of hydrogen-bond donors (Lipinski definition) is 2. The zero-order valence-electron chi connectivity index (χ0n) is 12.1. The number of benzene rings is 1. The maximum absolute atomic E-state index is 12.0. The number of amides is 2. The first-order valence-electron chi connectivity index (χ1n) is 6.68. The Morgan fingerprint density at radius 2 is 1.88 bits per heavy atom. The van der Waals surface area contributed by atoms with E-state index in [1.807, 2.05) is 0 Å². The zero-order valence-corrected chi connectivity index (χ0v) is 12.9. The molecule has 0 spiro atoms. The maximum Gasteiger partial charge on any atom is 0.405 e. The van der Waals surface area contributed by atoms with Crippen molar-refractivity contribution in [3.8, 4) is 5.69 Å². The van der Waals surface area contributed by atoms with Crippen molar-refractivity contribution in [2.24, 2.45) is 0 Å². The van der Waals surface area contributed by atoms with Crippen molar-refractivity contribution in [3.63, 3.8) is 0 Å². The molecule has 0 aliphatic carbocycles. The van der Waals surface area contributed by atoms with Crippen LogP contribution in [0.1, 0.15) is 10.5 Å². The fraction of sp³-hybridized carbons (Fsp3) is 0.214. The van der Waals surface area contributed by atoms with E-state index in [0.717, 1.165) is 0 Å². The average Bonchev–Trinajstić information content (AvgIpc) is 3.00. The molecule has 128 valence electrons. The van der Waals surface area contributed by atoms with Crippen molar-refractivity contribution in [2.45, 2.75) is 6.18 Å². The minimum atomic E-state index is -4.51. The van der Waals surface area contributed by atoms with Crippen molar-refractivity contribution >= 4 is 23.4 Å². The molecule has 2 amide bonds. The predicted octanol–water partition coefficient (Wildman–Crippen LogP) is 1.93. The van der Waals surface area contributed by atoms with Crippen LogP contribution >= 0.6 is 11.6 Å². The molecular weight excluding hydrogens is 349 g/mol. The fourth-order valence-corrected chi connectivity index (χ4v) is 1.95. The summed E-state index contributed by atoms with van der Waals surface area (Å²) in [6.07, 6.45) is -3.01. The molecule has 0 aliphatic rings. The van der Waals surface area contributed by atoms with Crippen LogP contribution < -0.4 is 10.6 Å². The number of nitrogens with zero attached hydrogens (tertiary/aromatic N) is 2. The Morgan fingerprint density at radius 1 is 1.17 bits per heavy atom. The van der Waals surface area contributed by atoms with E-state index in [2.05, 4.69) is 10.4 Å². The maximum atomic E-state index is 12.0. The highest BCUT2D eigenvalue weighted by molar-refractivity contribution is 6.32. The number of alkyl halides is 3. The number of rotatable bonds is 5. The van der Waals surface area contributed by atoms with E-state index in [9.17, 15) is 22.8 Å². The quantitative estimate of drug-likeness (QED) is 0.855. The third-order valence-corrected chi connectivity index (χ3v) is 3.14. The van der Waals surface area contributed by atoms with Crippen LogP contribution in [0.25, 0.3) is 5.69 Å². The highest BCUT2D eigenvalue weighted by Gasteiger charge is 2.27. The molecule has 1 heterocycles. The van der Waals surface area contributed by atoms with E-state index in [1.165, 1.54) is 16.9 Å².